The summed E-state index contributed by atoms with van der Waals surface area (Å²) in [5.41, 5.74) is 15.4. The summed E-state index contributed by atoms with van der Waals surface area (Å²) in [6.07, 6.45) is 0. The van der Waals surface area contributed by atoms with E-state index in [4.69, 9.17) is 0 Å². The Morgan fingerprint density at radius 3 is 1.34 bits per heavy atom. The van der Waals surface area contributed by atoms with Crippen LogP contribution in [0.25, 0.3) is 109 Å². The lowest BCUT2D eigenvalue weighted by molar-refractivity contribution is 0.661. The van der Waals surface area contributed by atoms with Crippen molar-refractivity contribution in [3.8, 4) is 55.6 Å². The van der Waals surface area contributed by atoms with Crippen LogP contribution in [-0.2, 0) is 5.41 Å². The smallest absolute Gasteiger partial charge is 0.0159 e. The molecule has 0 saturated heterocycles. The Labute approximate surface area is 344 Å². The third-order valence-corrected chi connectivity index (χ3v) is 13.2. The van der Waals surface area contributed by atoms with Gasteiger partial charge in [0.25, 0.3) is 0 Å². The lowest BCUT2D eigenvalue weighted by Crippen LogP contribution is -2.15. The van der Waals surface area contributed by atoms with E-state index in [1.165, 1.54) is 121 Å². The number of hydrogen-bond acceptors (Lipinski definition) is 0. The number of rotatable bonds is 4. The van der Waals surface area contributed by atoms with Gasteiger partial charge in [-0.05, 0) is 139 Å². The molecule has 1 aliphatic rings. The standard InChI is InChI=1S/C59H40/c1-59(2)55-35-40(46-26-13-27-47-44-20-6-4-15-38(44)28-31-48(46)47)29-32-49(55)50-33-30-42(36-56(50)59)58-53-23-9-7-21-51(53)57(52-22-8-10-24-54(52)58)41-18-11-17-39(34-41)45-25-12-16-37-14-3-5-19-43(37)45/h3-36H,1-2H3. The Morgan fingerprint density at radius 1 is 0.254 bits per heavy atom. The van der Waals surface area contributed by atoms with E-state index in [9.17, 15) is 0 Å². The van der Waals surface area contributed by atoms with E-state index in [1.807, 2.05) is 0 Å². The zero-order valence-corrected chi connectivity index (χ0v) is 33.1. The highest BCUT2D eigenvalue weighted by Gasteiger charge is 2.36. The van der Waals surface area contributed by atoms with Crippen LogP contribution in [0.15, 0.2) is 206 Å². The quantitative estimate of drug-likeness (QED) is 0.124. The van der Waals surface area contributed by atoms with Crippen molar-refractivity contribution >= 4 is 53.9 Å². The van der Waals surface area contributed by atoms with Crippen molar-refractivity contribution in [2.24, 2.45) is 0 Å². The molecule has 1 aliphatic carbocycles. The van der Waals surface area contributed by atoms with Gasteiger partial charge in [0.05, 0.1) is 0 Å². The molecule has 0 aromatic heterocycles. The van der Waals surface area contributed by atoms with Gasteiger partial charge in [-0.2, -0.15) is 0 Å². The van der Waals surface area contributed by atoms with Gasteiger partial charge in [-0.1, -0.05) is 202 Å². The summed E-state index contributed by atoms with van der Waals surface area (Å²) in [6, 6.07) is 76.9. The topological polar surface area (TPSA) is 0 Å². The highest BCUT2D eigenvalue weighted by Crippen LogP contribution is 2.52. The van der Waals surface area contributed by atoms with E-state index in [0.717, 1.165) is 0 Å². The summed E-state index contributed by atoms with van der Waals surface area (Å²) in [4.78, 5) is 0. The molecule has 0 fully saturated rings. The van der Waals surface area contributed by atoms with Crippen LogP contribution in [0.1, 0.15) is 25.0 Å². The number of hydrogen-bond donors (Lipinski definition) is 0. The molecule has 11 aromatic carbocycles. The SMILES string of the molecule is CC1(C)c2cc(-c3c4ccccc4c(-c4cccc(-c5cccc6ccccc56)c4)c4ccccc34)ccc2-c2ccc(-c3cccc4c3ccc3ccccc34)cc21. The highest BCUT2D eigenvalue weighted by atomic mass is 14.4. The molecule has 0 atom stereocenters. The summed E-state index contributed by atoms with van der Waals surface area (Å²) >= 11 is 0. The Kier molecular flexibility index (Phi) is 7.38. The molecule has 0 amide bonds. The molecule has 12 rings (SSSR count). The van der Waals surface area contributed by atoms with Crippen molar-refractivity contribution in [3.05, 3.63) is 217 Å². The summed E-state index contributed by atoms with van der Waals surface area (Å²) in [5.74, 6) is 0. The minimum atomic E-state index is -0.179. The van der Waals surface area contributed by atoms with Gasteiger partial charge in [-0.3, -0.25) is 0 Å². The molecular formula is C59H40. The van der Waals surface area contributed by atoms with Gasteiger partial charge in [0.15, 0.2) is 0 Å². The molecule has 11 aromatic rings. The maximum absolute atomic E-state index is 2.49. The lowest BCUT2D eigenvalue weighted by Gasteiger charge is -2.23. The average Bonchev–Trinajstić information content (AvgIpc) is 3.52. The van der Waals surface area contributed by atoms with Gasteiger partial charge < -0.3 is 0 Å². The average molecular weight is 749 g/mol. The predicted molar refractivity (Wildman–Crippen MR) is 253 cm³/mol. The second-order valence-corrected chi connectivity index (χ2v) is 16.8. The van der Waals surface area contributed by atoms with Crippen LogP contribution in [-0.4, -0.2) is 0 Å². The van der Waals surface area contributed by atoms with Gasteiger partial charge in [0.2, 0.25) is 0 Å². The zero-order valence-electron chi connectivity index (χ0n) is 33.1. The summed E-state index contributed by atoms with van der Waals surface area (Å²) in [6.45, 7) is 4.81. The first-order valence-corrected chi connectivity index (χ1v) is 20.8. The third kappa shape index (κ3) is 5.09. The summed E-state index contributed by atoms with van der Waals surface area (Å²) in [5, 5.41) is 12.8. The first-order valence-electron chi connectivity index (χ1n) is 20.8. The maximum atomic E-state index is 2.49. The Balaban J connectivity index is 1.00. The molecule has 0 heterocycles. The fraction of sp³-hybridized carbons (Fsp3) is 0.0508. The van der Waals surface area contributed by atoms with E-state index in [1.54, 1.807) is 0 Å². The van der Waals surface area contributed by atoms with Gasteiger partial charge >= 0.3 is 0 Å². The van der Waals surface area contributed by atoms with Gasteiger partial charge in [0, 0.05) is 5.41 Å². The Morgan fingerprint density at radius 2 is 0.678 bits per heavy atom. The molecule has 0 N–H and O–H groups in total. The number of benzene rings is 11. The zero-order chi connectivity index (χ0) is 39.2. The molecule has 0 heteroatoms. The molecule has 0 bridgehead atoms. The van der Waals surface area contributed by atoms with Crippen LogP contribution >= 0.6 is 0 Å². The molecule has 0 saturated carbocycles. The van der Waals surface area contributed by atoms with Crippen LogP contribution in [0.4, 0.5) is 0 Å². The van der Waals surface area contributed by atoms with Gasteiger partial charge in [-0.25, -0.2) is 0 Å². The van der Waals surface area contributed by atoms with E-state index < -0.39 is 0 Å². The molecule has 276 valence electrons. The minimum absolute atomic E-state index is 0.179. The first-order chi connectivity index (χ1) is 29.0. The predicted octanol–water partition coefficient (Wildman–Crippen LogP) is 16.4. The van der Waals surface area contributed by atoms with E-state index in [-0.39, 0.29) is 5.41 Å². The molecule has 0 radical (unpaired) electrons. The normalized spacial score (nSPS) is 13.1. The summed E-state index contributed by atoms with van der Waals surface area (Å²) in [7, 11) is 0. The molecular weight excluding hydrogens is 709 g/mol. The summed E-state index contributed by atoms with van der Waals surface area (Å²) < 4.78 is 0. The third-order valence-electron chi connectivity index (χ3n) is 13.2. The largest absolute Gasteiger partial charge is 0.0616 e. The fourth-order valence-electron chi connectivity index (χ4n) is 10.4. The van der Waals surface area contributed by atoms with Crippen molar-refractivity contribution in [3.63, 3.8) is 0 Å². The Hall–Kier alpha value is -7.28. The van der Waals surface area contributed by atoms with Crippen LogP contribution in [0.2, 0.25) is 0 Å². The highest BCUT2D eigenvalue weighted by molar-refractivity contribution is 6.22. The molecule has 0 aliphatic heterocycles. The fourth-order valence-corrected chi connectivity index (χ4v) is 10.4. The van der Waals surface area contributed by atoms with Crippen LogP contribution in [0.5, 0.6) is 0 Å². The van der Waals surface area contributed by atoms with Crippen molar-refractivity contribution in [2.45, 2.75) is 19.3 Å². The second-order valence-electron chi connectivity index (χ2n) is 16.8. The van der Waals surface area contributed by atoms with Gasteiger partial charge in [0.1, 0.15) is 0 Å². The van der Waals surface area contributed by atoms with Crippen molar-refractivity contribution in [2.75, 3.05) is 0 Å². The monoisotopic (exact) mass is 748 g/mol. The first kappa shape index (κ1) is 33.8. The van der Waals surface area contributed by atoms with Crippen LogP contribution in [0.3, 0.4) is 0 Å². The van der Waals surface area contributed by atoms with E-state index in [0.29, 0.717) is 0 Å². The Bertz CT molecular complexity index is 3460. The second kappa shape index (κ2) is 12.9. The molecule has 0 nitrogen and oxygen atoms in total. The maximum Gasteiger partial charge on any atom is 0.0159 e. The number of fused-ring (bicyclic) bond motifs is 9. The van der Waals surface area contributed by atoms with E-state index >= 15 is 0 Å². The molecule has 0 unspecified atom stereocenters. The lowest BCUT2D eigenvalue weighted by atomic mass is 9.79. The van der Waals surface area contributed by atoms with Crippen LogP contribution in [0, 0.1) is 0 Å². The molecule has 59 heavy (non-hydrogen) atoms. The van der Waals surface area contributed by atoms with Gasteiger partial charge in [-0.15, -0.1) is 0 Å². The van der Waals surface area contributed by atoms with Crippen molar-refractivity contribution in [1.82, 2.24) is 0 Å². The van der Waals surface area contributed by atoms with Crippen molar-refractivity contribution in [1.29, 1.82) is 0 Å². The van der Waals surface area contributed by atoms with E-state index in [2.05, 4.69) is 220 Å². The minimum Gasteiger partial charge on any atom is -0.0616 e. The molecule has 0 spiro atoms. The van der Waals surface area contributed by atoms with Crippen molar-refractivity contribution < 1.29 is 0 Å². The van der Waals surface area contributed by atoms with Crippen LogP contribution < -0.4 is 0 Å².